The third kappa shape index (κ3) is 5.47. The number of benzene rings is 2. The van der Waals surface area contributed by atoms with E-state index in [1.165, 1.54) is 22.3 Å². The predicted octanol–water partition coefficient (Wildman–Crippen LogP) is 4.09. The fourth-order valence-electron chi connectivity index (χ4n) is 4.65. The lowest BCUT2D eigenvalue weighted by atomic mass is 9.98. The van der Waals surface area contributed by atoms with Gasteiger partial charge in [-0.15, -0.1) is 0 Å². The van der Waals surface area contributed by atoms with Gasteiger partial charge in [-0.1, -0.05) is 67.6 Å². The van der Waals surface area contributed by atoms with Gasteiger partial charge >= 0.3 is 12.1 Å². The number of carbonyl (C=O) groups excluding carboxylic acids is 2. The highest BCUT2D eigenvalue weighted by molar-refractivity contribution is 5.79. The summed E-state index contributed by atoms with van der Waals surface area (Å²) in [7, 11) is 0. The van der Waals surface area contributed by atoms with Crippen molar-refractivity contribution in [3.8, 4) is 11.1 Å². The Morgan fingerprint density at radius 1 is 1.03 bits per heavy atom. The molecule has 0 fully saturated rings. The van der Waals surface area contributed by atoms with Crippen molar-refractivity contribution in [1.29, 1.82) is 0 Å². The number of amides is 2. The molecule has 0 aromatic heterocycles. The summed E-state index contributed by atoms with van der Waals surface area (Å²) in [5.41, 5.74) is 4.71. The number of fused-ring (bicyclic) bond motifs is 3. The topological polar surface area (TPSA) is 105 Å². The molecule has 0 heterocycles. The summed E-state index contributed by atoms with van der Waals surface area (Å²) >= 11 is 0. The molecule has 2 aromatic carbocycles. The van der Waals surface area contributed by atoms with Gasteiger partial charge in [0.2, 0.25) is 5.91 Å². The van der Waals surface area contributed by atoms with Gasteiger partial charge in [-0.05, 0) is 41.0 Å². The Morgan fingerprint density at radius 2 is 1.68 bits per heavy atom. The third-order valence-electron chi connectivity index (χ3n) is 6.55. The first-order valence-corrected chi connectivity index (χ1v) is 11.7. The maximum absolute atomic E-state index is 12.3. The van der Waals surface area contributed by atoms with Crippen LogP contribution < -0.4 is 10.6 Å². The van der Waals surface area contributed by atoms with Gasteiger partial charge in [0.1, 0.15) is 6.61 Å². The fourth-order valence-corrected chi connectivity index (χ4v) is 4.65. The number of ether oxygens (including phenoxy) is 1. The molecule has 0 aliphatic heterocycles. The lowest BCUT2D eigenvalue weighted by molar-refractivity contribution is -0.140. The van der Waals surface area contributed by atoms with Gasteiger partial charge in [0.05, 0.1) is 5.92 Å². The third-order valence-corrected chi connectivity index (χ3v) is 6.55. The van der Waals surface area contributed by atoms with Crippen LogP contribution in [0.5, 0.6) is 0 Å². The fraction of sp³-hybridized carbons (Fsp3) is 0.370. The lowest BCUT2D eigenvalue weighted by Gasteiger charge is -2.17. The monoisotopic (exact) mass is 462 g/mol. The number of alkyl carbamates (subject to hydrolysis) is 1. The molecule has 34 heavy (non-hydrogen) atoms. The van der Waals surface area contributed by atoms with Crippen LogP contribution in [-0.2, 0) is 14.3 Å². The van der Waals surface area contributed by atoms with E-state index in [2.05, 4.69) is 34.9 Å². The first-order chi connectivity index (χ1) is 16.4. The van der Waals surface area contributed by atoms with E-state index >= 15 is 0 Å². The molecule has 0 spiro atoms. The minimum Gasteiger partial charge on any atom is -0.481 e. The summed E-state index contributed by atoms with van der Waals surface area (Å²) in [6.45, 7) is 2.64. The standard InChI is InChI=1S/C27H30N2O5/c1-17(10-13-25(30)29-19-12-11-18(14-19)26(31)32)15-28-27(33)34-16-24-22-8-4-2-6-20(22)21-7-3-5-9-23(21)24/h2-9,11-12,17-19,24H,10,13-16H2,1H3,(H,28,33)(H,29,30)(H,31,32). The molecule has 7 heteroatoms. The molecule has 2 aromatic rings. The highest BCUT2D eigenvalue weighted by Gasteiger charge is 2.29. The van der Waals surface area contributed by atoms with Gasteiger partial charge in [-0.2, -0.15) is 0 Å². The molecule has 2 aliphatic carbocycles. The van der Waals surface area contributed by atoms with Crippen LogP contribution >= 0.6 is 0 Å². The van der Waals surface area contributed by atoms with E-state index in [4.69, 9.17) is 9.84 Å². The van der Waals surface area contributed by atoms with Crippen LogP contribution in [0.15, 0.2) is 60.7 Å². The molecule has 3 unspecified atom stereocenters. The first-order valence-electron chi connectivity index (χ1n) is 11.7. The van der Waals surface area contributed by atoms with Crippen LogP contribution in [0.4, 0.5) is 4.79 Å². The molecular weight excluding hydrogens is 432 g/mol. The Kier molecular flexibility index (Phi) is 7.30. The molecule has 178 valence electrons. The minimum atomic E-state index is -0.874. The number of rotatable bonds is 9. The Hall–Kier alpha value is -3.61. The van der Waals surface area contributed by atoms with Gasteiger partial charge in [-0.3, -0.25) is 9.59 Å². The summed E-state index contributed by atoms with van der Waals surface area (Å²) < 4.78 is 5.55. The zero-order chi connectivity index (χ0) is 24.1. The van der Waals surface area contributed by atoms with E-state index in [1.54, 1.807) is 12.2 Å². The molecule has 3 atom stereocenters. The molecule has 0 saturated carbocycles. The molecule has 0 saturated heterocycles. The smallest absolute Gasteiger partial charge is 0.407 e. The molecule has 2 amide bonds. The van der Waals surface area contributed by atoms with Gasteiger partial charge in [-0.25, -0.2) is 4.79 Å². The van der Waals surface area contributed by atoms with Gasteiger partial charge in [0.25, 0.3) is 0 Å². The largest absolute Gasteiger partial charge is 0.481 e. The SMILES string of the molecule is CC(CCC(=O)NC1C=CC(C(=O)O)C1)CNC(=O)OCC1c2ccccc2-c2ccccc21. The number of hydrogen-bond donors (Lipinski definition) is 3. The quantitative estimate of drug-likeness (QED) is 0.487. The van der Waals surface area contributed by atoms with Crippen LogP contribution in [-0.4, -0.2) is 42.3 Å². The summed E-state index contributed by atoms with van der Waals surface area (Å²) in [6.07, 6.45) is 4.20. The number of carboxylic acid groups (broad SMARTS) is 1. The summed E-state index contributed by atoms with van der Waals surface area (Å²) in [5, 5.41) is 14.7. The first kappa shape index (κ1) is 23.5. The predicted molar refractivity (Wildman–Crippen MR) is 128 cm³/mol. The van der Waals surface area contributed by atoms with Crippen LogP contribution in [0.25, 0.3) is 11.1 Å². The molecule has 2 aliphatic rings. The Labute approximate surface area is 199 Å². The van der Waals surface area contributed by atoms with Crippen LogP contribution in [0.1, 0.15) is 43.2 Å². The zero-order valence-electron chi connectivity index (χ0n) is 19.2. The number of hydrogen-bond acceptors (Lipinski definition) is 4. The van der Waals surface area contributed by atoms with Crippen LogP contribution in [0.3, 0.4) is 0 Å². The molecule has 3 N–H and O–H groups in total. The average molecular weight is 463 g/mol. The van der Waals surface area contributed by atoms with Crippen LogP contribution in [0, 0.1) is 11.8 Å². The number of carbonyl (C=O) groups is 3. The van der Waals surface area contributed by atoms with Gasteiger partial charge in [0, 0.05) is 24.9 Å². The van der Waals surface area contributed by atoms with Crippen molar-refractivity contribution < 1.29 is 24.2 Å². The summed E-state index contributed by atoms with van der Waals surface area (Å²) in [4.78, 5) is 35.5. The molecular formula is C27H30N2O5. The minimum absolute atomic E-state index is 0.0182. The van der Waals surface area contributed by atoms with Crippen molar-refractivity contribution in [2.24, 2.45) is 11.8 Å². The van der Waals surface area contributed by atoms with E-state index in [9.17, 15) is 14.4 Å². The summed E-state index contributed by atoms with van der Waals surface area (Å²) in [5.74, 6) is -1.41. The number of aliphatic carboxylic acids is 1. The Morgan fingerprint density at radius 3 is 2.29 bits per heavy atom. The van der Waals surface area contributed by atoms with Crippen molar-refractivity contribution in [2.45, 2.75) is 38.1 Å². The highest BCUT2D eigenvalue weighted by atomic mass is 16.5. The van der Waals surface area contributed by atoms with Crippen molar-refractivity contribution in [3.05, 3.63) is 71.8 Å². The second-order valence-corrected chi connectivity index (χ2v) is 9.09. The van der Waals surface area contributed by atoms with E-state index in [1.807, 2.05) is 31.2 Å². The number of carboxylic acids is 1. The van der Waals surface area contributed by atoms with Crippen molar-refractivity contribution >= 4 is 18.0 Å². The van der Waals surface area contributed by atoms with Crippen molar-refractivity contribution in [2.75, 3.05) is 13.2 Å². The second-order valence-electron chi connectivity index (χ2n) is 9.09. The van der Waals surface area contributed by atoms with E-state index in [-0.39, 0.29) is 30.4 Å². The lowest BCUT2D eigenvalue weighted by Crippen LogP contribution is -2.34. The Bertz CT molecular complexity index is 1050. The maximum Gasteiger partial charge on any atom is 0.407 e. The van der Waals surface area contributed by atoms with Crippen molar-refractivity contribution in [3.63, 3.8) is 0 Å². The van der Waals surface area contributed by atoms with Crippen molar-refractivity contribution in [1.82, 2.24) is 10.6 Å². The number of nitrogens with one attached hydrogen (secondary N) is 2. The normalized spacial score (nSPS) is 19.2. The van der Waals surface area contributed by atoms with Gasteiger partial charge in [0.15, 0.2) is 0 Å². The molecule has 4 rings (SSSR count). The Balaban J connectivity index is 1.17. The zero-order valence-corrected chi connectivity index (χ0v) is 19.2. The summed E-state index contributed by atoms with van der Waals surface area (Å²) in [6, 6.07) is 16.2. The maximum atomic E-state index is 12.3. The highest BCUT2D eigenvalue weighted by Crippen LogP contribution is 2.44. The van der Waals surface area contributed by atoms with Crippen LogP contribution in [0.2, 0.25) is 0 Å². The van der Waals surface area contributed by atoms with E-state index in [0.717, 1.165) is 0 Å². The van der Waals surface area contributed by atoms with E-state index in [0.29, 0.717) is 25.8 Å². The molecule has 7 nitrogen and oxygen atoms in total. The molecule has 0 radical (unpaired) electrons. The average Bonchev–Trinajstić information content (AvgIpc) is 3.43. The second kappa shape index (κ2) is 10.5. The molecule has 0 bridgehead atoms. The van der Waals surface area contributed by atoms with E-state index < -0.39 is 18.0 Å². The van der Waals surface area contributed by atoms with Gasteiger partial charge < -0.3 is 20.5 Å².